The zero-order chi connectivity index (χ0) is 12.1. The summed E-state index contributed by atoms with van der Waals surface area (Å²) >= 11 is 0. The highest BCUT2D eigenvalue weighted by molar-refractivity contribution is 5.85. The average molecular weight is 229 g/mol. The quantitative estimate of drug-likeness (QED) is 0.773. The van der Waals surface area contributed by atoms with E-state index in [1.54, 1.807) is 0 Å². The van der Waals surface area contributed by atoms with Crippen LogP contribution in [0, 0.1) is 0 Å². The second kappa shape index (κ2) is 5.80. The maximum Gasteiger partial charge on any atom is 0.0524 e. The Kier molecular flexibility index (Phi) is 4.13. The Morgan fingerprint density at radius 3 is 2.71 bits per heavy atom. The number of nitrogens with one attached hydrogen (secondary N) is 1. The van der Waals surface area contributed by atoms with Gasteiger partial charge in [-0.2, -0.15) is 0 Å². The van der Waals surface area contributed by atoms with E-state index in [1.165, 1.54) is 16.3 Å². The normalized spacial score (nSPS) is 12.8. The lowest BCUT2D eigenvalue weighted by atomic mass is 10.0. The van der Waals surface area contributed by atoms with Gasteiger partial charge in [0, 0.05) is 6.54 Å². The van der Waals surface area contributed by atoms with Crippen molar-refractivity contribution in [2.45, 2.75) is 26.0 Å². The van der Waals surface area contributed by atoms with E-state index in [2.05, 4.69) is 47.8 Å². The highest BCUT2D eigenvalue weighted by Gasteiger charge is 2.00. The van der Waals surface area contributed by atoms with Gasteiger partial charge in [0.15, 0.2) is 0 Å². The predicted octanol–water partition coefficient (Wildman–Crippen LogP) is 2.70. The third kappa shape index (κ3) is 3.29. The van der Waals surface area contributed by atoms with Crippen LogP contribution in [0.3, 0.4) is 0 Å². The van der Waals surface area contributed by atoms with E-state index in [0.717, 1.165) is 19.5 Å². The first-order valence-corrected chi connectivity index (χ1v) is 6.13. The van der Waals surface area contributed by atoms with E-state index in [0.29, 0.717) is 0 Å². The first kappa shape index (κ1) is 12.1. The summed E-state index contributed by atoms with van der Waals surface area (Å²) in [4.78, 5) is 0. The molecule has 90 valence electrons. The van der Waals surface area contributed by atoms with Crippen molar-refractivity contribution in [2.24, 2.45) is 0 Å². The summed E-state index contributed by atoms with van der Waals surface area (Å²) in [7, 11) is 0. The molecule has 0 saturated heterocycles. The Morgan fingerprint density at radius 1 is 1.12 bits per heavy atom. The SMILES string of the molecule is CC(O)CCNCc1cccc2ccccc12. The van der Waals surface area contributed by atoms with Crippen LogP contribution in [-0.4, -0.2) is 17.8 Å². The van der Waals surface area contributed by atoms with Gasteiger partial charge in [-0.1, -0.05) is 42.5 Å². The Bertz CT molecular complexity index is 474. The van der Waals surface area contributed by atoms with E-state index in [9.17, 15) is 5.11 Å². The van der Waals surface area contributed by atoms with Crippen LogP contribution in [-0.2, 0) is 6.54 Å². The van der Waals surface area contributed by atoms with Crippen LogP contribution in [0.1, 0.15) is 18.9 Å². The van der Waals surface area contributed by atoms with Crippen molar-refractivity contribution in [3.05, 3.63) is 48.0 Å². The lowest BCUT2D eigenvalue weighted by Gasteiger charge is -2.09. The summed E-state index contributed by atoms with van der Waals surface area (Å²) in [5, 5.41) is 15.1. The molecule has 0 aliphatic heterocycles. The van der Waals surface area contributed by atoms with Crippen molar-refractivity contribution < 1.29 is 5.11 Å². The molecule has 2 nitrogen and oxygen atoms in total. The molecule has 0 aromatic heterocycles. The van der Waals surface area contributed by atoms with Gasteiger partial charge >= 0.3 is 0 Å². The number of aliphatic hydroxyl groups excluding tert-OH is 1. The van der Waals surface area contributed by atoms with Crippen LogP contribution in [0.2, 0.25) is 0 Å². The molecule has 0 heterocycles. The monoisotopic (exact) mass is 229 g/mol. The highest BCUT2D eigenvalue weighted by atomic mass is 16.3. The molecule has 0 fully saturated rings. The van der Waals surface area contributed by atoms with Crippen LogP contribution >= 0.6 is 0 Å². The zero-order valence-electron chi connectivity index (χ0n) is 10.2. The van der Waals surface area contributed by atoms with Crippen molar-refractivity contribution in [2.75, 3.05) is 6.54 Å². The van der Waals surface area contributed by atoms with Crippen molar-refractivity contribution in [1.29, 1.82) is 0 Å². The van der Waals surface area contributed by atoms with Crippen molar-refractivity contribution in [3.8, 4) is 0 Å². The van der Waals surface area contributed by atoms with E-state index in [4.69, 9.17) is 0 Å². The molecule has 0 saturated carbocycles. The van der Waals surface area contributed by atoms with Gasteiger partial charge in [-0.15, -0.1) is 0 Å². The molecule has 2 N–H and O–H groups in total. The highest BCUT2D eigenvalue weighted by Crippen LogP contribution is 2.18. The summed E-state index contributed by atoms with van der Waals surface area (Å²) in [6.45, 7) is 3.52. The van der Waals surface area contributed by atoms with Gasteiger partial charge in [0.1, 0.15) is 0 Å². The molecule has 2 rings (SSSR count). The summed E-state index contributed by atoms with van der Waals surface area (Å²) in [6, 6.07) is 14.8. The zero-order valence-corrected chi connectivity index (χ0v) is 10.2. The number of rotatable bonds is 5. The summed E-state index contributed by atoms with van der Waals surface area (Å²) < 4.78 is 0. The van der Waals surface area contributed by atoms with Crippen LogP contribution < -0.4 is 5.32 Å². The number of aliphatic hydroxyl groups is 1. The van der Waals surface area contributed by atoms with Crippen LogP contribution in [0.5, 0.6) is 0 Å². The van der Waals surface area contributed by atoms with E-state index in [1.807, 2.05) is 6.92 Å². The second-order valence-corrected chi connectivity index (χ2v) is 4.45. The molecule has 0 radical (unpaired) electrons. The maximum atomic E-state index is 9.18. The minimum atomic E-state index is -0.227. The van der Waals surface area contributed by atoms with Crippen LogP contribution in [0.15, 0.2) is 42.5 Å². The molecule has 2 aromatic carbocycles. The lowest BCUT2D eigenvalue weighted by Crippen LogP contribution is -2.18. The van der Waals surface area contributed by atoms with Crippen molar-refractivity contribution in [1.82, 2.24) is 5.32 Å². The van der Waals surface area contributed by atoms with Gasteiger partial charge in [-0.25, -0.2) is 0 Å². The van der Waals surface area contributed by atoms with Gasteiger partial charge in [0.05, 0.1) is 6.10 Å². The van der Waals surface area contributed by atoms with Gasteiger partial charge in [-0.3, -0.25) is 0 Å². The van der Waals surface area contributed by atoms with Gasteiger partial charge in [-0.05, 0) is 36.2 Å². The first-order valence-electron chi connectivity index (χ1n) is 6.13. The Balaban J connectivity index is 2.03. The molecule has 0 spiro atoms. The largest absolute Gasteiger partial charge is 0.393 e. The molecule has 0 aliphatic rings. The van der Waals surface area contributed by atoms with Crippen molar-refractivity contribution in [3.63, 3.8) is 0 Å². The van der Waals surface area contributed by atoms with E-state index < -0.39 is 0 Å². The van der Waals surface area contributed by atoms with Crippen LogP contribution in [0.25, 0.3) is 10.8 Å². The topological polar surface area (TPSA) is 32.3 Å². The third-order valence-corrected chi connectivity index (χ3v) is 2.93. The summed E-state index contributed by atoms with van der Waals surface area (Å²) in [5.74, 6) is 0. The smallest absolute Gasteiger partial charge is 0.0524 e. The lowest BCUT2D eigenvalue weighted by molar-refractivity contribution is 0.183. The molecule has 1 unspecified atom stereocenters. The Labute approximate surface area is 102 Å². The predicted molar refractivity (Wildman–Crippen MR) is 72.0 cm³/mol. The number of hydrogen-bond acceptors (Lipinski definition) is 2. The molecule has 2 heteroatoms. The molecule has 1 atom stereocenters. The van der Waals surface area contributed by atoms with E-state index in [-0.39, 0.29) is 6.10 Å². The fraction of sp³-hybridized carbons (Fsp3) is 0.333. The molecule has 0 aliphatic carbocycles. The maximum absolute atomic E-state index is 9.18. The molecule has 2 aromatic rings. The molecule has 0 amide bonds. The third-order valence-electron chi connectivity index (χ3n) is 2.93. The van der Waals surface area contributed by atoms with Gasteiger partial charge in [0.25, 0.3) is 0 Å². The average Bonchev–Trinajstić information content (AvgIpc) is 2.34. The second-order valence-electron chi connectivity index (χ2n) is 4.45. The number of benzene rings is 2. The fourth-order valence-electron chi connectivity index (χ4n) is 1.98. The molecular weight excluding hydrogens is 210 g/mol. The fourth-order valence-corrected chi connectivity index (χ4v) is 1.98. The standard InChI is InChI=1S/C15H19NO/c1-12(17)9-10-16-11-14-7-4-6-13-5-2-3-8-15(13)14/h2-8,12,16-17H,9-11H2,1H3. The summed E-state index contributed by atoms with van der Waals surface area (Å²) in [5.41, 5.74) is 1.31. The van der Waals surface area contributed by atoms with Crippen molar-refractivity contribution >= 4 is 10.8 Å². The van der Waals surface area contributed by atoms with Gasteiger partial charge in [0.2, 0.25) is 0 Å². The van der Waals surface area contributed by atoms with E-state index >= 15 is 0 Å². The van der Waals surface area contributed by atoms with Gasteiger partial charge < -0.3 is 10.4 Å². The minimum absolute atomic E-state index is 0.227. The number of hydrogen-bond donors (Lipinski definition) is 2. The Hall–Kier alpha value is -1.38. The minimum Gasteiger partial charge on any atom is -0.393 e. The Morgan fingerprint density at radius 2 is 1.88 bits per heavy atom. The molecular formula is C15H19NO. The summed E-state index contributed by atoms with van der Waals surface area (Å²) in [6.07, 6.45) is 0.570. The molecule has 17 heavy (non-hydrogen) atoms. The number of fused-ring (bicyclic) bond motifs is 1. The molecule has 0 bridgehead atoms. The van der Waals surface area contributed by atoms with Crippen LogP contribution in [0.4, 0.5) is 0 Å². The first-order chi connectivity index (χ1) is 8.27.